The van der Waals surface area contributed by atoms with E-state index in [-0.39, 0.29) is 58.7 Å². The molecule has 0 unspecified atom stereocenters. The summed E-state index contributed by atoms with van der Waals surface area (Å²) in [6.07, 6.45) is 59.5. The Bertz CT molecular complexity index is 1570. The average Bonchev–Trinajstić information content (AvgIpc) is 3.40. The Labute approximate surface area is 456 Å². The molecule has 0 radical (unpaired) electrons. The Morgan fingerprint density at radius 2 is 0.480 bits per heavy atom. The van der Waals surface area contributed by atoms with Crippen molar-refractivity contribution in [3.05, 3.63) is 67.9 Å². The van der Waals surface area contributed by atoms with E-state index in [1.54, 1.807) is 0 Å². The van der Waals surface area contributed by atoms with Crippen molar-refractivity contribution in [2.45, 2.75) is 310 Å². The fourth-order valence-electron chi connectivity index (χ4n) is 9.27. The number of rotatable bonds is 54. The summed E-state index contributed by atoms with van der Waals surface area (Å²) >= 11 is 0. The number of esters is 3. The fraction of sp³-hybridized carbons (Fsp3) is 0.810. The maximum atomic E-state index is 13.6. The minimum absolute atomic E-state index is 0.223. The second-order valence-corrected chi connectivity index (χ2v) is 21.0. The van der Waals surface area contributed by atoms with Gasteiger partial charge in [-0.2, -0.15) is 0 Å². The highest BCUT2D eigenvalue weighted by molar-refractivity contribution is 5.69. The van der Waals surface area contributed by atoms with Gasteiger partial charge in [0.15, 0.2) is 0 Å². The summed E-state index contributed by atoms with van der Waals surface area (Å²) < 4.78 is 18.9. The number of aromatic nitrogens is 3. The van der Waals surface area contributed by atoms with Gasteiger partial charge >= 0.3 is 35.0 Å². The number of nitrogens with zero attached hydrogens (tertiary/aromatic N) is 3. The summed E-state index contributed by atoms with van der Waals surface area (Å²) in [6.45, 7) is 5.17. The van der Waals surface area contributed by atoms with Gasteiger partial charge in [-0.05, 0) is 77.0 Å². The molecule has 0 N–H and O–H groups in total. The standard InChI is InChI=1S/C63H111N3O9/c1-4-7-10-13-16-19-22-25-28-31-34-37-40-43-46-49-58(67)73-55-52-64-61(70)65(53-56-74-59(68)50-47-44-41-38-35-32-29-26-23-20-17-14-11-8-5-2)63(72)66(62(64)71)54-57-75-60(69)51-48-45-42-39-36-33-30-27-24-21-18-15-12-9-6-3/h10-15H,4-9,16-57H2,1-3H3/b13-10+,14-11+,15-12+. The lowest BCUT2D eigenvalue weighted by atomic mass is 10.0. The maximum absolute atomic E-state index is 13.6. The number of carbonyl (C=O) groups is 3. The fourth-order valence-corrected chi connectivity index (χ4v) is 9.27. The lowest BCUT2D eigenvalue weighted by Gasteiger charge is -2.14. The molecule has 1 rings (SSSR count). The van der Waals surface area contributed by atoms with E-state index in [1.165, 1.54) is 173 Å². The zero-order valence-electron chi connectivity index (χ0n) is 48.4. The van der Waals surface area contributed by atoms with Crippen LogP contribution in [-0.4, -0.2) is 51.4 Å². The molecule has 1 aromatic rings. The van der Waals surface area contributed by atoms with E-state index in [2.05, 4.69) is 57.2 Å². The summed E-state index contributed by atoms with van der Waals surface area (Å²) in [4.78, 5) is 78.7. The first-order valence-corrected chi connectivity index (χ1v) is 31.1. The van der Waals surface area contributed by atoms with Gasteiger partial charge in [-0.15, -0.1) is 0 Å². The molecule has 75 heavy (non-hydrogen) atoms. The van der Waals surface area contributed by atoms with Gasteiger partial charge in [-0.1, -0.05) is 231 Å². The molecule has 0 saturated heterocycles. The molecule has 0 spiro atoms. The highest BCUT2D eigenvalue weighted by atomic mass is 16.5. The van der Waals surface area contributed by atoms with Crippen LogP contribution in [0.3, 0.4) is 0 Å². The molecular formula is C63H111N3O9. The Morgan fingerprint density at radius 3 is 0.693 bits per heavy atom. The molecule has 0 aliphatic heterocycles. The summed E-state index contributed by atoms with van der Waals surface area (Å²) in [5.74, 6) is -1.21. The predicted molar refractivity (Wildman–Crippen MR) is 310 cm³/mol. The number of carbonyl (C=O) groups excluding carboxylic acids is 3. The summed E-state index contributed by atoms with van der Waals surface area (Å²) in [6, 6.07) is 0. The van der Waals surface area contributed by atoms with Crippen LogP contribution in [0.5, 0.6) is 0 Å². The second-order valence-electron chi connectivity index (χ2n) is 21.0. The third kappa shape index (κ3) is 40.9. The van der Waals surface area contributed by atoms with E-state index in [4.69, 9.17) is 14.2 Å². The van der Waals surface area contributed by atoms with Gasteiger partial charge in [0.1, 0.15) is 19.8 Å². The molecule has 0 aliphatic rings. The highest BCUT2D eigenvalue weighted by Crippen LogP contribution is 2.16. The molecule has 1 heterocycles. The average molecular weight is 1050 g/mol. The Balaban J connectivity index is 2.59. The van der Waals surface area contributed by atoms with Crippen molar-refractivity contribution in [1.82, 2.24) is 13.7 Å². The normalized spacial score (nSPS) is 11.7. The van der Waals surface area contributed by atoms with Gasteiger partial charge in [-0.3, -0.25) is 14.4 Å². The molecule has 0 bridgehead atoms. The van der Waals surface area contributed by atoms with E-state index < -0.39 is 35.0 Å². The SMILES string of the molecule is CCC/C=C/CCCCCCCCCCCCC(=O)OCCn1c(=O)n(CCOC(=O)CCCCCCCCCCCC/C=C/CCC)c(=O)n(CCOC(=O)CCCCCCCCCCCC/C=C/CCC)c1=O. The zero-order chi connectivity index (χ0) is 54.5. The maximum Gasteiger partial charge on any atom is 0.336 e. The molecule has 12 nitrogen and oxygen atoms in total. The van der Waals surface area contributed by atoms with Crippen molar-refractivity contribution >= 4 is 17.9 Å². The molecule has 12 heteroatoms. The third-order valence-corrected chi connectivity index (χ3v) is 14.0. The van der Waals surface area contributed by atoms with Gasteiger partial charge in [0.05, 0.1) is 19.6 Å². The predicted octanol–water partition coefficient (Wildman–Crippen LogP) is 15.9. The molecular weight excluding hydrogens is 943 g/mol. The number of ether oxygens (including phenoxy) is 3. The summed E-state index contributed by atoms with van der Waals surface area (Å²) in [5, 5.41) is 0. The van der Waals surface area contributed by atoms with Crippen molar-refractivity contribution < 1.29 is 28.6 Å². The first-order valence-electron chi connectivity index (χ1n) is 31.1. The van der Waals surface area contributed by atoms with E-state index >= 15 is 0 Å². The van der Waals surface area contributed by atoms with Crippen LogP contribution in [0.4, 0.5) is 0 Å². The summed E-state index contributed by atoms with van der Waals surface area (Å²) in [7, 11) is 0. The third-order valence-electron chi connectivity index (χ3n) is 14.0. The van der Waals surface area contributed by atoms with Gasteiger partial charge in [0.2, 0.25) is 0 Å². The Morgan fingerprint density at radius 1 is 0.293 bits per heavy atom. The highest BCUT2D eigenvalue weighted by Gasteiger charge is 2.17. The van der Waals surface area contributed by atoms with Gasteiger partial charge < -0.3 is 14.2 Å². The van der Waals surface area contributed by atoms with Gasteiger partial charge in [0, 0.05) is 19.3 Å². The smallest absolute Gasteiger partial charge is 0.336 e. The molecule has 0 fully saturated rings. The molecule has 0 aromatic carbocycles. The van der Waals surface area contributed by atoms with Gasteiger partial charge in [-0.25, -0.2) is 28.1 Å². The monoisotopic (exact) mass is 1050 g/mol. The van der Waals surface area contributed by atoms with Crippen molar-refractivity contribution in [1.29, 1.82) is 0 Å². The molecule has 1 aromatic heterocycles. The lowest BCUT2D eigenvalue weighted by Crippen LogP contribution is -2.55. The first-order chi connectivity index (χ1) is 36.8. The largest absolute Gasteiger partial charge is 0.464 e. The number of hydrogen-bond donors (Lipinski definition) is 0. The Kier molecular flexibility index (Phi) is 48.0. The van der Waals surface area contributed by atoms with Crippen LogP contribution in [0, 0.1) is 0 Å². The molecule has 0 aliphatic carbocycles. The molecule has 0 saturated carbocycles. The topological polar surface area (TPSA) is 145 Å². The van der Waals surface area contributed by atoms with Crippen LogP contribution in [0.25, 0.3) is 0 Å². The quantitative estimate of drug-likeness (QED) is 0.0269. The van der Waals surface area contributed by atoms with Crippen molar-refractivity contribution in [2.24, 2.45) is 0 Å². The minimum Gasteiger partial charge on any atom is -0.464 e. The second kappa shape index (κ2) is 52.1. The lowest BCUT2D eigenvalue weighted by molar-refractivity contribution is -0.144. The van der Waals surface area contributed by atoms with Gasteiger partial charge in [0.25, 0.3) is 0 Å². The van der Waals surface area contributed by atoms with E-state index in [1.807, 2.05) is 0 Å². The van der Waals surface area contributed by atoms with Crippen LogP contribution in [0.2, 0.25) is 0 Å². The van der Waals surface area contributed by atoms with Crippen LogP contribution >= 0.6 is 0 Å². The van der Waals surface area contributed by atoms with E-state index in [0.29, 0.717) is 19.3 Å². The number of hydrogen-bond acceptors (Lipinski definition) is 9. The van der Waals surface area contributed by atoms with Crippen LogP contribution in [-0.2, 0) is 48.2 Å². The van der Waals surface area contributed by atoms with Crippen LogP contribution in [0.15, 0.2) is 50.8 Å². The molecule has 0 atom stereocenters. The first kappa shape index (κ1) is 69.1. The summed E-state index contributed by atoms with van der Waals surface area (Å²) in [5.41, 5.74) is -2.64. The Hall–Kier alpha value is -3.96. The van der Waals surface area contributed by atoms with Crippen molar-refractivity contribution in [3.8, 4) is 0 Å². The van der Waals surface area contributed by atoms with Crippen LogP contribution < -0.4 is 17.1 Å². The zero-order valence-corrected chi connectivity index (χ0v) is 48.4. The van der Waals surface area contributed by atoms with E-state index in [9.17, 15) is 28.8 Å². The van der Waals surface area contributed by atoms with Crippen molar-refractivity contribution in [3.63, 3.8) is 0 Å². The molecule has 432 valence electrons. The van der Waals surface area contributed by atoms with E-state index in [0.717, 1.165) is 71.5 Å². The van der Waals surface area contributed by atoms with Crippen molar-refractivity contribution in [2.75, 3.05) is 19.8 Å². The minimum atomic E-state index is -0.879. The number of unbranched alkanes of at least 4 members (excludes halogenated alkanes) is 33. The molecule has 0 amide bonds. The number of allylic oxidation sites excluding steroid dienone is 6. The van der Waals surface area contributed by atoms with Crippen LogP contribution in [0.1, 0.15) is 290 Å².